The first kappa shape index (κ1) is 10.1. The molecule has 0 saturated heterocycles. The van der Waals surface area contributed by atoms with Crippen molar-refractivity contribution in [1.82, 2.24) is 9.78 Å². The van der Waals surface area contributed by atoms with Crippen LogP contribution in [0.1, 0.15) is 6.92 Å². The van der Waals surface area contributed by atoms with Gasteiger partial charge in [-0.25, -0.2) is 4.68 Å². The van der Waals surface area contributed by atoms with Crippen molar-refractivity contribution in [3.05, 3.63) is 41.7 Å². The van der Waals surface area contributed by atoms with Crippen LogP contribution in [0.2, 0.25) is 5.15 Å². The van der Waals surface area contributed by atoms with E-state index in [4.69, 9.17) is 16.3 Å². The van der Waals surface area contributed by atoms with Gasteiger partial charge in [0.1, 0.15) is 10.9 Å². The lowest BCUT2D eigenvalue weighted by molar-refractivity contribution is 0.340. The predicted octanol–water partition coefficient (Wildman–Crippen LogP) is 2.92. The van der Waals surface area contributed by atoms with Gasteiger partial charge in [0, 0.05) is 6.07 Å². The van der Waals surface area contributed by atoms with Crippen molar-refractivity contribution >= 4 is 11.6 Å². The number of hydrogen-bond acceptors (Lipinski definition) is 2. The monoisotopic (exact) mass is 222 g/mol. The van der Waals surface area contributed by atoms with E-state index in [1.165, 1.54) is 0 Å². The maximum Gasteiger partial charge on any atom is 0.132 e. The molecule has 0 fully saturated rings. The number of halogens is 1. The first-order valence-electron chi connectivity index (χ1n) is 4.74. The molecule has 0 aliphatic rings. The average molecular weight is 223 g/mol. The van der Waals surface area contributed by atoms with Gasteiger partial charge in [-0.05, 0) is 25.1 Å². The maximum atomic E-state index is 5.96. The summed E-state index contributed by atoms with van der Waals surface area (Å²) in [6, 6.07) is 9.40. The van der Waals surface area contributed by atoms with E-state index >= 15 is 0 Å². The summed E-state index contributed by atoms with van der Waals surface area (Å²) in [5, 5.41) is 4.70. The van der Waals surface area contributed by atoms with Crippen molar-refractivity contribution in [3.8, 4) is 11.4 Å². The molecule has 0 N–H and O–H groups in total. The van der Waals surface area contributed by atoms with Crippen LogP contribution in [0.4, 0.5) is 0 Å². The average Bonchev–Trinajstić information content (AvgIpc) is 2.65. The third-order valence-electron chi connectivity index (χ3n) is 1.97. The zero-order valence-electron chi connectivity index (χ0n) is 8.35. The van der Waals surface area contributed by atoms with Crippen molar-refractivity contribution in [2.75, 3.05) is 6.61 Å². The zero-order chi connectivity index (χ0) is 10.7. The molecule has 2 aromatic rings. The standard InChI is InChI=1S/C11H11ClN2O/c1-2-15-10-5-3-4-9(8-10)14-11(12)6-7-13-14/h3-8H,2H2,1H3. The maximum absolute atomic E-state index is 5.96. The van der Waals surface area contributed by atoms with Crippen molar-refractivity contribution in [2.45, 2.75) is 6.92 Å². The van der Waals surface area contributed by atoms with Crippen LogP contribution < -0.4 is 4.74 Å². The molecule has 0 amide bonds. The Kier molecular flexibility index (Phi) is 2.92. The summed E-state index contributed by atoms with van der Waals surface area (Å²) < 4.78 is 7.06. The van der Waals surface area contributed by atoms with Gasteiger partial charge in [0.15, 0.2) is 0 Å². The van der Waals surface area contributed by atoms with Crippen LogP contribution >= 0.6 is 11.6 Å². The molecule has 3 nitrogen and oxygen atoms in total. The molecule has 0 unspecified atom stereocenters. The summed E-state index contributed by atoms with van der Waals surface area (Å²) >= 11 is 5.96. The molecule has 0 aliphatic heterocycles. The number of nitrogens with zero attached hydrogens (tertiary/aromatic N) is 2. The highest BCUT2D eigenvalue weighted by molar-refractivity contribution is 6.29. The number of hydrogen-bond donors (Lipinski definition) is 0. The minimum atomic E-state index is 0.587. The number of benzene rings is 1. The van der Waals surface area contributed by atoms with E-state index in [1.807, 2.05) is 31.2 Å². The van der Waals surface area contributed by atoms with Crippen molar-refractivity contribution in [1.29, 1.82) is 0 Å². The molecule has 0 radical (unpaired) electrons. The SMILES string of the molecule is CCOc1cccc(-n2nccc2Cl)c1. The normalized spacial score (nSPS) is 10.3. The first-order valence-corrected chi connectivity index (χ1v) is 5.12. The van der Waals surface area contributed by atoms with Crippen molar-refractivity contribution in [3.63, 3.8) is 0 Å². The van der Waals surface area contributed by atoms with E-state index in [0.717, 1.165) is 11.4 Å². The minimum absolute atomic E-state index is 0.587. The van der Waals surface area contributed by atoms with E-state index in [0.29, 0.717) is 11.8 Å². The number of aromatic nitrogens is 2. The van der Waals surface area contributed by atoms with Gasteiger partial charge >= 0.3 is 0 Å². The van der Waals surface area contributed by atoms with Crippen LogP contribution in [-0.4, -0.2) is 16.4 Å². The van der Waals surface area contributed by atoms with E-state index in [-0.39, 0.29) is 0 Å². The predicted molar refractivity (Wildman–Crippen MR) is 59.7 cm³/mol. The molecule has 0 saturated carbocycles. The van der Waals surface area contributed by atoms with E-state index < -0.39 is 0 Å². The van der Waals surface area contributed by atoms with Crippen LogP contribution in [0.3, 0.4) is 0 Å². The van der Waals surface area contributed by atoms with Crippen molar-refractivity contribution < 1.29 is 4.74 Å². The van der Waals surface area contributed by atoms with Gasteiger partial charge in [0.25, 0.3) is 0 Å². The van der Waals surface area contributed by atoms with Crippen LogP contribution in [0, 0.1) is 0 Å². The first-order chi connectivity index (χ1) is 7.31. The molecular weight excluding hydrogens is 212 g/mol. The largest absolute Gasteiger partial charge is 0.494 e. The fraction of sp³-hybridized carbons (Fsp3) is 0.182. The highest BCUT2D eigenvalue weighted by Gasteiger charge is 2.02. The highest BCUT2D eigenvalue weighted by atomic mass is 35.5. The van der Waals surface area contributed by atoms with Gasteiger partial charge in [0.2, 0.25) is 0 Å². The highest BCUT2D eigenvalue weighted by Crippen LogP contribution is 2.19. The molecule has 0 atom stereocenters. The van der Waals surface area contributed by atoms with Gasteiger partial charge in [-0.3, -0.25) is 0 Å². The van der Waals surface area contributed by atoms with E-state index in [9.17, 15) is 0 Å². The molecule has 4 heteroatoms. The summed E-state index contributed by atoms with van der Waals surface area (Å²) in [5.74, 6) is 0.821. The van der Waals surface area contributed by atoms with Gasteiger partial charge in [0.05, 0.1) is 18.5 Å². The van der Waals surface area contributed by atoms with Crippen molar-refractivity contribution in [2.24, 2.45) is 0 Å². The molecule has 15 heavy (non-hydrogen) atoms. The molecule has 0 aliphatic carbocycles. The Balaban J connectivity index is 2.37. The second-order valence-corrected chi connectivity index (χ2v) is 3.38. The number of rotatable bonds is 3. The number of ether oxygens (including phenoxy) is 1. The third-order valence-corrected chi connectivity index (χ3v) is 2.26. The van der Waals surface area contributed by atoms with E-state index in [2.05, 4.69) is 5.10 Å². The van der Waals surface area contributed by atoms with Gasteiger partial charge in [-0.1, -0.05) is 17.7 Å². The minimum Gasteiger partial charge on any atom is -0.494 e. The summed E-state index contributed by atoms with van der Waals surface area (Å²) in [4.78, 5) is 0. The molecule has 1 aromatic heterocycles. The Morgan fingerprint density at radius 3 is 2.93 bits per heavy atom. The topological polar surface area (TPSA) is 27.1 Å². The zero-order valence-corrected chi connectivity index (χ0v) is 9.11. The Morgan fingerprint density at radius 2 is 2.27 bits per heavy atom. The molecule has 1 heterocycles. The lowest BCUT2D eigenvalue weighted by atomic mass is 10.3. The van der Waals surface area contributed by atoms with Gasteiger partial charge in [-0.15, -0.1) is 0 Å². The lowest BCUT2D eigenvalue weighted by Gasteiger charge is -2.06. The lowest BCUT2D eigenvalue weighted by Crippen LogP contribution is -1.97. The molecule has 78 valence electrons. The van der Waals surface area contributed by atoms with Gasteiger partial charge < -0.3 is 4.74 Å². The van der Waals surface area contributed by atoms with Crippen LogP contribution in [0.5, 0.6) is 5.75 Å². The van der Waals surface area contributed by atoms with Crippen LogP contribution in [0.15, 0.2) is 36.5 Å². The molecule has 0 spiro atoms. The summed E-state index contributed by atoms with van der Waals surface area (Å²) in [7, 11) is 0. The summed E-state index contributed by atoms with van der Waals surface area (Å²) in [6.07, 6.45) is 1.66. The Labute approximate surface area is 93.2 Å². The Morgan fingerprint density at radius 1 is 1.40 bits per heavy atom. The Bertz CT molecular complexity index is 453. The Hall–Kier alpha value is -1.48. The van der Waals surface area contributed by atoms with Gasteiger partial charge in [-0.2, -0.15) is 5.10 Å². The summed E-state index contributed by atoms with van der Waals surface area (Å²) in [5.41, 5.74) is 0.899. The van der Waals surface area contributed by atoms with Crippen LogP contribution in [-0.2, 0) is 0 Å². The fourth-order valence-electron chi connectivity index (χ4n) is 1.35. The molecule has 2 rings (SSSR count). The van der Waals surface area contributed by atoms with Crippen LogP contribution in [0.25, 0.3) is 5.69 Å². The summed E-state index contributed by atoms with van der Waals surface area (Å²) in [6.45, 7) is 2.60. The van der Waals surface area contributed by atoms with E-state index in [1.54, 1.807) is 16.9 Å². The molecule has 0 bridgehead atoms. The second kappa shape index (κ2) is 4.36. The quantitative estimate of drug-likeness (QED) is 0.799. The molecule has 1 aromatic carbocycles. The fourth-order valence-corrected chi connectivity index (χ4v) is 1.55. The molecular formula is C11H11ClN2O. The third kappa shape index (κ3) is 2.13. The second-order valence-electron chi connectivity index (χ2n) is 3.00. The smallest absolute Gasteiger partial charge is 0.132 e.